The maximum absolute atomic E-state index is 13.4. The van der Waals surface area contributed by atoms with Crippen LogP contribution in [0.15, 0.2) is 30.3 Å². The fourth-order valence-electron chi connectivity index (χ4n) is 4.70. The first-order valence-electron chi connectivity index (χ1n) is 10.6. The van der Waals surface area contributed by atoms with Gasteiger partial charge in [0.2, 0.25) is 0 Å². The van der Waals surface area contributed by atoms with E-state index in [2.05, 4.69) is 0 Å². The largest absolute Gasteiger partial charge is 0.383 e. The van der Waals surface area contributed by atoms with Gasteiger partial charge in [0, 0.05) is 33.4 Å². The van der Waals surface area contributed by atoms with E-state index < -0.39 is 5.54 Å². The zero-order valence-electron chi connectivity index (χ0n) is 17.4. The highest BCUT2D eigenvalue weighted by molar-refractivity contribution is 6.07. The van der Waals surface area contributed by atoms with E-state index in [0.717, 1.165) is 18.4 Å². The molecule has 1 atom stereocenters. The molecule has 8 heteroatoms. The van der Waals surface area contributed by atoms with Crippen LogP contribution in [0, 0.1) is 0 Å². The molecule has 0 bridgehead atoms. The number of imide groups is 1. The Morgan fingerprint density at radius 3 is 2.57 bits per heavy atom. The molecule has 162 valence electrons. The van der Waals surface area contributed by atoms with Crippen molar-refractivity contribution in [1.82, 2.24) is 14.7 Å². The molecule has 0 aliphatic carbocycles. The zero-order chi connectivity index (χ0) is 21.1. The number of carbonyl (C=O) groups is 3. The number of carbonyl (C=O) groups excluding carboxylic acids is 3. The van der Waals surface area contributed by atoms with Crippen LogP contribution in [0.25, 0.3) is 0 Å². The van der Waals surface area contributed by atoms with Crippen LogP contribution in [-0.2, 0) is 25.6 Å². The first-order chi connectivity index (χ1) is 14.6. The number of likely N-dealkylation sites (tertiary alicyclic amines) is 1. The van der Waals surface area contributed by atoms with Crippen molar-refractivity contribution in [3.63, 3.8) is 0 Å². The lowest BCUT2D eigenvalue weighted by molar-refractivity contribution is -0.147. The Bertz CT molecular complexity index is 785. The number of piperidine rings is 1. The summed E-state index contributed by atoms with van der Waals surface area (Å²) in [5.41, 5.74) is 0.0676. The van der Waals surface area contributed by atoms with Gasteiger partial charge in [-0.3, -0.25) is 14.5 Å². The lowest BCUT2D eigenvalue weighted by Gasteiger charge is -2.42. The van der Waals surface area contributed by atoms with Crippen LogP contribution in [0.1, 0.15) is 31.2 Å². The molecule has 30 heavy (non-hydrogen) atoms. The van der Waals surface area contributed by atoms with E-state index in [1.807, 2.05) is 30.3 Å². The maximum atomic E-state index is 13.4. The van der Waals surface area contributed by atoms with Gasteiger partial charge in [0.1, 0.15) is 11.6 Å². The van der Waals surface area contributed by atoms with Gasteiger partial charge in [0.25, 0.3) is 11.8 Å². The third-order valence-electron chi connectivity index (χ3n) is 6.43. The van der Waals surface area contributed by atoms with E-state index in [-0.39, 0.29) is 30.5 Å². The molecule has 1 spiro atoms. The second kappa shape index (κ2) is 8.73. The van der Waals surface area contributed by atoms with Gasteiger partial charge in [-0.15, -0.1) is 0 Å². The van der Waals surface area contributed by atoms with Gasteiger partial charge in [-0.25, -0.2) is 4.79 Å². The lowest BCUT2D eigenvalue weighted by atomic mass is 9.85. The van der Waals surface area contributed by atoms with E-state index in [9.17, 15) is 14.4 Å². The number of amides is 4. The van der Waals surface area contributed by atoms with Crippen molar-refractivity contribution in [1.29, 1.82) is 0 Å². The number of hydrogen-bond donors (Lipinski definition) is 0. The van der Waals surface area contributed by atoms with E-state index in [1.165, 1.54) is 4.90 Å². The van der Waals surface area contributed by atoms with Gasteiger partial charge in [0.15, 0.2) is 0 Å². The summed E-state index contributed by atoms with van der Waals surface area (Å²) in [6, 6.07) is 9.42. The Kier molecular flexibility index (Phi) is 6.06. The Morgan fingerprint density at radius 2 is 1.93 bits per heavy atom. The van der Waals surface area contributed by atoms with Crippen molar-refractivity contribution in [2.75, 3.05) is 40.0 Å². The molecule has 1 aromatic rings. The molecule has 3 aliphatic heterocycles. The summed E-state index contributed by atoms with van der Waals surface area (Å²) < 4.78 is 10.6. The van der Waals surface area contributed by atoms with Crippen LogP contribution in [-0.4, -0.2) is 84.1 Å². The average molecular weight is 415 g/mol. The first kappa shape index (κ1) is 20.8. The molecule has 4 amide bonds. The van der Waals surface area contributed by atoms with Gasteiger partial charge in [0.05, 0.1) is 13.2 Å². The number of urea groups is 1. The third kappa shape index (κ3) is 3.70. The Hall–Kier alpha value is -2.45. The van der Waals surface area contributed by atoms with Crippen molar-refractivity contribution < 1.29 is 23.9 Å². The number of rotatable bonds is 6. The lowest BCUT2D eigenvalue weighted by Crippen LogP contribution is -2.58. The minimum atomic E-state index is -0.909. The summed E-state index contributed by atoms with van der Waals surface area (Å²) in [4.78, 5) is 44.1. The molecule has 0 radical (unpaired) electrons. The minimum absolute atomic E-state index is 0.00460. The molecule has 1 aromatic carbocycles. The van der Waals surface area contributed by atoms with Crippen LogP contribution >= 0.6 is 0 Å². The Labute approximate surface area is 176 Å². The quantitative estimate of drug-likeness (QED) is 0.660. The molecular weight excluding hydrogens is 386 g/mol. The van der Waals surface area contributed by atoms with Gasteiger partial charge >= 0.3 is 6.03 Å². The van der Waals surface area contributed by atoms with Crippen LogP contribution in [0.3, 0.4) is 0 Å². The smallest absolute Gasteiger partial charge is 0.328 e. The molecule has 3 fully saturated rings. The van der Waals surface area contributed by atoms with Crippen molar-refractivity contribution in [2.45, 2.75) is 43.9 Å². The number of nitrogens with zero attached hydrogens (tertiary/aromatic N) is 3. The SMILES string of the molecule is COCCN1C(=O)N(Cc2ccccc2)C2(CCN(C(=O)[C@H]3CCCO3)CC2)C1=O. The average Bonchev–Trinajstić information content (AvgIpc) is 3.37. The maximum Gasteiger partial charge on any atom is 0.328 e. The Morgan fingerprint density at radius 1 is 1.20 bits per heavy atom. The summed E-state index contributed by atoms with van der Waals surface area (Å²) in [5, 5.41) is 0. The van der Waals surface area contributed by atoms with Gasteiger partial charge in [-0.2, -0.15) is 0 Å². The topological polar surface area (TPSA) is 79.4 Å². The highest BCUT2D eigenvalue weighted by Crippen LogP contribution is 2.38. The second-order valence-electron chi connectivity index (χ2n) is 8.16. The molecule has 0 unspecified atom stereocenters. The van der Waals surface area contributed by atoms with Crippen molar-refractivity contribution in [2.24, 2.45) is 0 Å². The number of benzene rings is 1. The number of methoxy groups -OCH3 is 1. The molecule has 3 heterocycles. The molecule has 3 aliphatic rings. The predicted octanol–water partition coefficient (Wildman–Crippen LogP) is 1.64. The summed E-state index contributed by atoms with van der Waals surface area (Å²) >= 11 is 0. The van der Waals surface area contributed by atoms with Crippen LogP contribution < -0.4 is 0 Å². The predicted molar refractivity (Wildman–Crippen MR) is 108 cm³/mol. The fourth-order valence-corrected chi connectivity index (χ4v) is 4.70. The van der Waals surface area contributed by atoms with Crippen molar-refractivity contribution in [3.8, 4) is 0 Å². The van der Waals surface area contributed by atoms with E-state index in [0.29, 0.717) is 45.7 Å². The summed E-state index contributed by atoms with van der Waals surface area (Å²) in [7, 11) is 1.55. The van der Waals surface area contributed by atoms with Crippen LogP contribution in [0.4, 0.5) is 4.79 Å². The molecule has 0 saturated carbocycles. The fraction of sp³-hybridized carbons (Fsp3) is 0.591. The number of ether oxygens (including phenoxy) is 2. The molecule has 8 nitrogen and oxygen atoms in total. The van der Waals surface area contributed by atoms with Gasteiger partial charge in [-0.05, 0) is 31.2 Å². The summed E-state index contributed by atoms with van der Waals surface area (Å²) in [6.07, 6.45) is 2.17. The zero-order valence-corrected chi connectivity index (χ0v) is 17.4. The van der Waals surface area contributed by atoms with E-state index >= 15 is 0 Å². The monoisotopic (exact) mass is 415 g/mol. The van der Waals surface area contributed by atoms with E-state index in [1.54, 1.807) is 16.9 Å². The van der Waals surface area contributed by atoms with E-state index in [4.69, 9.17) is 9.47 Å². The van der Waals surface area contributed by atoms with Gasteiger partial charge < -0.3 is 19.3 Å². The molecule has 3 saturated heterocycles. The highest BCUT2D eigenvalue weighted by Gasteiger charge is 2.58. The van der Waals surface area contributed by atoms with Crippen LogP contribution in [0.5, 0.6) is 0 Å². The number of hydrogen-bond acceptors (Lipinski definition) is 5. The standard InChI is InChI=1S/C22H29N3O5/c1-29-15-13-24-20(27)22(25(21(24)28)16-17-6-3-2-4-7-17)9-11-23(12-10-22)19(26)18-8-5-14-30-18/h2-4,6-7,18H,5,8-16H2,1H3/t18-/m1/s1. The molecule has 0 N–H and O–H groups in total. The minimum Gasteiger partial charge on any atom is -0.383 e. The Balaban J connectivity index is 1.54. The van der Waals surface area contributed by atoms with Crippen molar-refractivity contribution >= 4 is 17.8 Å². The third-order valence-corrected chi connectivity index (χ3v) is 6.43. The summed E-state index contributed by atoms with van der Waals surface area (Å²) in [5.74, 6) is -0.172. The second-order valence-corrected chi connectivity index (χ2v) is 8.16. The van der Waals surface area contributed by atoms with Crippen LogP contribution in [0.2, 0.25) is 0 Å². The summed E-state index contributed by atoms with van der Waals surface area (Å²) in [6.45, 7) is 2.42. The van der Waals surface area contributed by atoms with Gasteiger partial charge in [-0.1, -0.05) is 30.3 Å². The molecular formula is C22H29N3O5. The normalized spacial score (nSPS) is 23.6. The highest BCUT2D eigenvalue weighted by atomic mass is 16.5. The molecule has 4 rings (SSSR count). The van der Waals surface area contributed by atoms with Crippen molar-refractivity contribution in [3.05, 3.63) is 35.9 Å². The first-order valence-corrected chi connectivity index (χ1v) is 10.6. The molecule has 0 aromatic heterocycles.